The van der Waals surface area contributed by atoms with Crippen LogP contribution < -0.4 is 4.74 Å². The van der Waals surface area contributed by atoms with Crippen LogP contribution in [0.5, 0.6) is 5.75 Å². The van der Waals surface area contributed by atoms with Gasteiger partial charge in [-0.05, 0) is 31.2 Å². The molecule has 0 saturated carbocycles. The third-order valence-corrected chi connectivity index (χ3v) is 4.87. The minimum Gasteiger partial charge on any atom is -0.488 e. The Bertz CT molecular complexity index is 597. The Labute approximate surface area is 122 Å². The third-order valence-electron chi connectivity index (χ3n) is 2.88. The molecule has 0 fully saturated rings. The summed E-state index contributed by atoms with van der Waals surface area (Å²) in [6, 6.07) is 6.65. The smallest absolute Gasteiger partial charge is 0.272 e. The zero-order valence-corrected chi connectivity index (χ0v) is 12.5. The molecular formula is C13H16F2N2O3S. The van der Waals surface area contributed by atoms with Gasteiger partial charge in [0, 0.05) is 13.1 Å². The molecule has 1 aromatic rings. The molecule has 0 unspecified atom stereocenters. The van der Waals surface area contributed by atoms with Crippen molar-refractivity contribution in [2.45, 2.75) is 30.7 Å². The summed E-state index contributed by atoms with van der Waals surface area (Å²) < 4.78 is 54.5. The van der Waals surface area contributed by atoms with E-state index in [0.29, 0.717) is 0 Å². The summed E-state index contributed by atoms with van der Waals surface area (Å²) in [5.74, 6) is 0.168. The standard InChI is InChI=1S/C13H16F2N2O3S/c1-10(7-8-16)17(2)21(18,19)12-5-3-11(4-6-12)20-9-13(14)15/h3-6,10,13H,7,9H2,1-2H3/t10-/m0/s1. The number of nitrogens with zero attached hydrogens (tertiary/aromatic N) is 2. The zero-order valence-electron chi connectivity index (χ0n) is 11.7. The van der Waals surface area contributed by atoms with Crippen molar-refractivity contribution >= 4 is 10.0 Å². The molecular weight excluding hydrogens is 302 g/mol. The fourth-order valence-corrected chi connectivity index (χ4v) is 2.89. The van der Waals surface area contributed by atoms with E-state index in [-0.39, 0.29) is 17.1 Å². The molecule has 1 aromatic carbocycles. The van der Waals surface area contributed by atoms with Crippen molar-refractivity contribution in [1.29, 1.82) is 5.26 Å². The summed E-state index contributed by atoms with van der Waals surface area (Å²) in [5, 5.41) is 8.61. The Hall–Kier alpha value is -1.72. The maximum absolute atomic E-state index is 12.3. The molecule has 0 N–H and O–H groups in total. The SMILES string of the molecule is C[C@@H](CC#N)N(C)S(=O)(=O)c1ccc(OCC(F)F)cc1. The van der Waals surface area contributed by atoms with Gasteiger partial charge in [0.25, 0.3) is 6.43 Å². The first kappa shape index (κ1) is 17.3. The topological polar surface area (TPSA) is 70.4 Å². The molecule has 0 aliphatic heterocycles. The number of rotatable bonds is 7. The third kappa shape index (κ3) is 4.65. The molecule has 1 atom stereocenters. The maximum Gasteiger partial charge on any atom is 0.272 e. The summed E-state index contributed by atoms with van der Waals surface area (Å²) in [5.41, 5.74) is 0. The van der Waals surface area contributed by atoms with Gasteiger partial charge in [0.1, 0.15) is 12.4 Å². The lowest BCUT2D eigenvalue weighted by atomic mass is 10.3. The second-order valence-electron chi connectivity index (χ2n) is 4.41. The number of hydrogen-bond acceptors (Lipinski definition) is 4. The monoisotopic (exact) mass is 318 g/mol. The number of halogens is 2. The van der Waals surface area contributed by atoms with E-state index >= 15 is 0 Å². The van der Waals surface area contributed by atoms with Crippen LogP contribution in [0.2, 0.25) is 0 Å². The van der Waals surface area contributed by atoms with Gasteiger partial charge in [-0.2, -0.15) is 9.57 Å². The molecule has 1 rings (SSSR count). The van der Waals surface area contributed by atoms with E-state index in [1.54, 1.807) is 6.92 Å². The van der Waals surface area contributed by atoms with Crippen LogP contribution in [0.15, 0.2) is 29.2 Å². The molecule has 0 saturated heterocycles. The summed E-state index contributed by atoms with van der Waals surface area (Å²) >= 11 is 0. The Morgan fingerprint density at radius 2 is 1.90 bits per heavy atom. The van der Waals surface area contributed by atoms with E-state index in [1.165, 1.54) is 31.3 Å². The van der Waals surface area contributed by atoms with Crippen molar-refractivity contribution in [3.63, 3.8) is 0 Å². The lowest BCUT2D eigenvalue weighted by Gasteiger charge is -2.22. The van der Waals surface area contributed by atoms with Crippen LogP contribution in [0.25, 0.3) is 0 Å². The molecule has 0 spiro atoms. The van der Waals surface area contributed by atoms with Gasteiger partial charge >= 0.3 is 0 Å². The van der Waals surface area contributed by atoms with Crippen LogP contribution in [0.3, 0.4) is 0 Å². The van der Waals surface area contributed by atoms with E-state index in [9.17, 15) is 17.2 Å². The predicted molar refractivity (Wildman–Crippen MR) is 72.6 cm³/mol. The van der Waals surface area contributed by atoms with Crippen molar-refractivity contribution in [3.05, 3.63) is 24.3 Å². The molecule has 0 aliphatic rings. The van der Waals surface area contributed by atoms with Crippen molar-refractivity contribution in [3.8, 4) is 11.8 Å². The maximum atomic E-state index is 12.3. The first-order chi connectivity index (χ1) is 9.78. The molecule has 8 heteroatoms. The number of ether oxygens (including phenoxy) is 1. The Morgan fingerprint density at radius 3 is 2.38 bits per heavy atom. The average Bonchev–Trinajstić information content (AvgIpc) is 2.45. The minimum absolute atomic E-state index is 0.0131. The Kier molecular flexibility index (Phi) is 6.05. The van der Waals surface area contributed by atoms with Crippen molar-refractivity contribution in [2.75, 3.05) is 13.7 Å². The summed E-state index contributed by atoms with van der Waals surface area (Å²) in [4.78, 5) is 0.0131. The van der Waals surface area contributed by atoms with Crippen molar-refractivity contribution in [1.82, 2.24) is 4.31 Å². The number of benzene rings is 1. The van der Waals surface area contributed by atoms with Gasteiger partial charge in [-0.3, -0.25) is 0 Å². The molecule has 0 amide bonds. The second kappa shape index (κ2) is 7.33. The fourth-order valence-electron chi connectivity index (χ4n) is 1.53. The van der Waals surface area contributed by atoms with Gasteiger partial charge in [0.15, 0.2) is 0 Å². The highest BCUT2D eigenvalue weighted by molar-refractivity contribution is 7.89. The Balaban J connectivity index is 2.87. The molecule has 0 aliphatic carbocycles. The van der Waals surface area contributed by atoms with Gasteiger partial charge in [0.2, 0.25) is 10.0 Å². The van der Waals surface area contributed by atoms with Gasteiger partial charge in [0.05, 0.1) is 17.4 Å². The van der Waals surface area contributed by atoms with Gasteiger partial charge in [-0.25, -0.2) is 17.2 Å². The molecule has 0 bridgehead atoms. The Morgan fingerprint density at radius 1 is 1.33 bits per heavy atom. The zero-order chi connectivity index (χ0) is 16.0. The van der Waals surface area contributed by atoms with Gasteiger partial charge in [-0.15, -0.1) is 0 Å². The van der Waals surface area contributed by atoms with Crippen LogP contribution in [-0.4, -0.2) is 38.8 Å². The minimum atomic E-state index is -3.73. The highest BCUT2D eigenvalue weighted by atomic mass is 32.2. The molecule has 0 radical (unpaired) electrons. The highest BCUT2D eigenvalue weighted by Gasteiger charge is 2.25. The lowest BCUT2D eigenvalue weighted by molar-refractivity contribution is 0.0819. The van der Waals surface area contributed by atoms with Gasteiger partial charge < -0.3 is 4.74 Å². The van der Waals surface area contributed by atoms with Crippen LogP contribution >= 0.6 is 0 Å². The van der Waals surface area contributed by atoms with E-state index in [2.05, 4.69) is 0 Å². The molecule has 116 valence electrons. The van der Waals surface area contributed by atoms with Crippen LogP contribution in [-0.2, 0) is 10.0 Å². The normalized spacial score (nSPS) is 13.2. The predicted octanol–water partition coefficient (Wildman–Crippen LogP) is 2.25. The lowest BCUT2D eigenvalue weighted by Crippen LogP contribution is -2.34. The number of sulfonamides is 1. The summed E-state index contributed by atoms with van der Waals surface area (Å²) in [7, 11) is -2.34. The van der Waals surface area contributed by atoms with Crippen molar-refractivity contribution in [2.24, 2.45) is 0 Å². The molecule has 21 heavy (non-hydrogen) atoms. The fraction of sp³-hybridized carbons (Fsp3) is 0.462. The molecule has 0 aromatic heterocycles. The average molecular weight is 318 g/mol. The first-order valence-corrected chi connectivity index (χ1v) is 7.59. The van der Waals surface area contributed by atoms with E-state index < -0.39 is 29.1 Å². The van der Waals surface area contributed by atoms with Crippen LogP contribution in [0.4, 0.5) is 8.78 Å². The summed E-state index contributed by atoms with van der Waals surface area (Å²) in [6.45, 7) is 0.881. The number of hydrogen-bond donors (Lipinski definition) is 0. The van der Waals surface area contributed by atoms with E-state index in [0.717, 1.165) is 4.31 Å². The quantitative estimate of drug-likeness (QED) is 0.773. The molecule has 0 heterocycles. The largest absolute Gasteiger partial charge is 0.488 e. The second-order valence-corrected chi connectivity index (χ2v) is 6.40. The molecule has 5 nitrogen and oxygen atoms in total. The number of nitriles is 1. The first-order valence-electron chi connectivity index (χ1n) is 6.15. The highest BCUT2D eigenvalue weighted by Crippen LogP contribution is 2.21. The summed E-state index contributed by atoms with van der Waals surface area (Å²) in [6.07, 6.45) is -2.52. The van der Waals surface area contributed by atoms with Crippen LogP contribution in [0.1, 0.15) is 13.3 Å². The van der Waals surface area contributed by atoms with E-state index in [4.69, 9.17) is 10.00 Å². The number of alkyl halides is 2. The van der Waals surface area contributed by atoms with Crippen molar-refractivity contribution < 1.29 is 21.9 Å². The van der Waals surface area contributed by atoms with E-state index in [1.807, 2.05) is 6.07 Å². The van der Waals surface area contributed by atoms with Gasteiger partial charge in [-0.1, -0.05) is 0 Å². The van der Waals surface area contributed by atoms with Crippen LogP contribution in [0, 0.1) is 11.3 Å².